The number of ether oxygens (including phenoxy) is 2. The average Bonchev–Trinajstić information content (AvgIpc) is 2.44. The van der Waals surface area contributed by atoms with E-state index in [1.807, 2.05) is 38.1 Å². The Hall–Kier alpha value is -1.36. The summed E-state index contributed by atoms with van der Waals surface area (Å²) in [7, 11) is 0. The average molecular weight is 278 g/mol. The van der Waals surface area contributed by atoms with Crippen molar-refractivity contribution in [3.8, 4) is 5.75 Å². The molecule has 0 spiro atoms. The number of hydrogen-bond donors (Lipinski definition) is 2. The molecule has 1 rings (SSSR count). The molecule has 3 N–H and O–H groups in total. The molecule has 4 nitrogen and oxygen atoms in total. The van der Waals surface area contributed by atoms with E-state index in [4.69, 9.17) is 15.2 Å². The zero-order chi connectivity index (χ0) is 14.8. The number of para-hydroxylation sites is 1. The van der Waals surface area contributed by atoms with Crippen LogP contribution < -0.4 is 15.8 Å². The van der Waals surface area contributed by atoms with Crippen LogP contribution in [0.2, 0.25) is 0 Å². The van der Waals surface area contributed by atoms with Gasteiger partial charge in [0.05, 0.1) is 19.8 Å². The second-order valence-electron chi connectivity index (χ2n) is 4.72. The summed E-state index contributed by atoms with van der Waals surface area (Å²) in [5, 5.41) is 3.40. The van der Waals surface area contributed by atoms with Gasteiger partial charge in [0, 0.05) is 24.7 Å². The van der Waals surface area contributed by atoms with Crippen molar-refractivity contribution in [2.24, 2.45) is 5.73 Å². The lowest BCUT2D eigenvalue weighted by Gasteiger charge is -2.20. The summed E-state index contributed by atoms with van der Waals surface area (Å²) in [6.45, 7) is 10.9. The van der Waals surface area contributed by atoms with E-state index >= 15 is 0 Å². The van der Waals surface area contributed by atoms with Crippen molar-refractivity contribution in [3.63, 3.8) is 0 Å². The Bertz CT molecular complexity index is 407. The Morgan fingerprint density at radius 1 is 1.40 bits per heavy atom. The maximum absolute atomic E-state index is 5.86. The predicted octanol–water partition coefficient (Wildman–Crippen LogP) is 2.27. The first-order valence-electron chi connectivity index (χ1n) is 7.06. The fraction of sp³-hybridized carbons (Fsp3) is 0.500. The summed E-state index contributed by atoms with van der Waals surface area (Å²) in [6, 6.07) is 8.06. The summed E-state index contributed by atoms with van der Waals surface area (Å²) in [4.78, 5) is 0. The third kappa shape index (κ3) is 5.74. The van der Waals surface area contributed by atoms with E-state index in [-0.39, 0.29) is 6.04 Å². The van der Waals surface area contributed by atoms with Gasteiger partial charge >= 0.3 is 0 Å². The van der Waals surface area contributed by atoms with Crippen molar-refractivity contribution in [2.75, 3.05) is 32.9 Å². The highest BCUT2D eigenvalue weighted by molar-refractivity contribution is 5.36. The zero-order valence-electron chi connectivity index (χ0n) is 12.5. The lowest BCUT2D eigenvalue weighted by molar-refractivity contribution is 0.155. The SMILES string of the molecule is C=C(C)COCCNC(CN)c1ccccc1OCC. The van der Waals surface area contributed by atoms with Crippen LogP contribution >= 0.6 is 0 Å². The van der Waals surface area contributed by atoms with Crippen molar-refractivity contribution in [3.05, 3.63) is 42.0 Å². The maximum atomic E-state index is 5.86. The smallest absolute Gasteiger partial charge is 0.124 e. The van der Waals surface area contributed by atoms with E-state index < -0.39 is 0 Å². The Kier molecular flexibility index (Phi) is 7.95. The number of rotatable bonds is 10. The summed E-state index contributed by atoms with van der Waals surface area (Å²) >= 11 is 0. The van der Waals surface area contributed by atoms with E-state index in [9.17, 15) is 0 Å². The van der Waals surface area contributed by atoms with Gasteiger partial charge in [0.2, 0.25) is 0 Å². The second kappa shape index (κ2) is 9.53. The second-order valence-corrected chi connectivity index (χ2v) is 4.72. The molecule has 0 saturated heterocycles. The quantitative estimate of drug-likeness (QED) is 0.509. The summed E-state index contributed by atoms with van der Waals surface area (Å²) < 4.78 is 11.1. The number of nitrogens with two attached hydrogens (primary N) is 1. The Labute approximate surface area is 122 Å². The van der Waals surface area contributed by atoms with Gasteiger partial charge in [-0.1, -0.05) is 30.4 Å². The van der Waals surface area contributed by atoms with Gasteiger partial charge in [-0.3, -0.25) is 0 Å². The fourth-order valence-electron chi connectivity index (χ4n) is 1.93. The van der Waals surface area contributed by atoms with E-state index in [0.29, 0.717) is 26.4 Å². The molecule has 0 radical (unpaired) electrons. The molecule has 1 atom stereocenters. The summed E-state index contributed by atoms with van der Waals surface area (Å²) in [5.41, 5.74) is 7.98. The van der Waals surface area contributed by atoms with Crippen molar-refractivity contribution in [1.29, 1.82) is 0 Å². The van der Waals surface area contributed by atoms with E-state index in [1.165, 1.54) is 0 Å². The van der Waals surface area contributed by atoms with Crippen molar-refractivity contribution >= 4 is 0 Å². The monoisotopic (exact) mass is 278 g/mol. The van der Waals surface area contributed by atoms with Crippen LogP contribution in [0.4, 0.5) is 0 Å². The molecule has 20 heavy (non-hydrogen) atoms. The lowest BCUT2D eigenvalue weighted by atomic mass is 10.1. The van der Waals surface area contributed by atoms with E-state index in [1.54, 1.807) is 0 Å². The van der Waals surface area contributed by atoms with Crippen LogP contribution in [-0.2, 0) is 4.74 Å². The molecule has 0 heterocycles. The fourth-order valence-corrected chi connectivity index (χ4v) is 1.93. The molecule has 4 heteroatoms. The van der Waals surface area contributed by atoms with Gasteiger partial charge in [-0.2, -0.15) is 0 Å². The molecule has 0 fully saturated rings. The van der Waals surface area contributed by atoms with Gasteiger partial charge in [0.1, 0.15) is 5.75 Å². The third-order valence-electron chi connectivity index (χ3n) is 2.82. The van der Waals surface area contributed by atoms with Gasteiger partial charge in [-0.15, -0.1) is 0 Å². The highest BCUT2D eigenvalue weighted by Crippen LogP contribution is 2.24. The van der Waals surface area contributed by atoms with Crippen molar-refractivity contribution < 1.29 is 9.47 Å². The van der Waals surface area contributed by atoms with Crippen LogP contribution in [0, 0.1) is 0 Å². The molecule has 0 aliphatic rings. The normalized spacial score (nSPS) is 12.2. The number of hydrogen-bond acceptors (Lipinski definition) is 4. The first-order valence-corrected chi connectivity index (χ1v) is 7.06. The van der Waals surface area contributed by atoms with Crippen LogP contribution in [-0.4, -0.2) is 32.9 Å². The standard InChI is InChI=1S/C16H26N2O2/c1-4-20-16-8-6-5-7-14(16)15(11-17)18-9-10-19-12-13(2)3/h5-8,15,18H,2,4,9-12,17H2,1,3H3. The molecule has 0 bridgehead atoms. The van der Waals surface area contributed by atoms with Gasteiger partial charge in [0.25, 0.3) is 0 Å². The zero-order valence-corrected chi connectivity index (χ0v) is 12.5. The molecule has 0 saturated carbocycles. The number of nitrogens with one attached hydrogen (secondary N) is 1. The maximum Gasteiger partial charge on any atom is 0.124 e. The highest BCUT2D eigenvalue weighted by Gasteiger charge is 2.13. The summed E-state index contributed by atoms with van der Waals surface area (Å²) in [5.74, 6) is 0.890. The molecule has 0 aromatic heterocycles. The van der Waals surface area contributed by atoms with Crippen LogP contribution in [0.5, 0.6) is 5.75 Å². The van der Waals surface area contributed by atoms with Gasteiger partial charge < -0.3 is 20.5 Å². The van der Waals surface area contributed by atoms with Crippen LogP contribution in [0.1, 0.15) is 25.5 Å². The minimum Gasteiger partial charge on any atom is -0.494 e. The first-order chi connectivity index (χ1) is 9.69. The van der Waals surface area contributed by atoms with Crippen molar-refractivity contribution in [1.82, 2.24) is 5.32 Å². The molecule has 0 aliphatic carbocycles. The third-order valence-corrected chi connectivity index (χ3v) is 2.82. The molecule has 112 valence electrons. The molecular weight excluding hydrogens is 252 g/mol. The highest BCUT2D eigenvalue weighted by atomic mass is 16.5. The topological polar surface area (TPSA) is 56.5 Å². The van der Waals surface area contributed by atoms with Gasteiger partial charge in [-0.05, 0) is 19.9 Å². The minimum absolute atomic E-state index is 0.0752. The number of benzene rings is 1. The Morgan fingerprint density at radius 3 is 2.80 bits per heavy atom. The lowest BCUT2D eigenvalue weighted by Crippen LogP contribution is -2.31. The molecule has 0 aliphatic heterocycles. The van der Waals surface area contributed by atoms with E-state index in [2.05, 4.69) is 11.9 Å². The molecule has 1 aromatic carbocycles. The van der Waals surface area contributed by atoms with E-state index in [0.717, 1.165) is 23.4 Å². The molecular formula is C16H26N2O2. The van der Waals surface area contributed by atoms with Crippen LogP contribution in [0.3, 0.4) is 0 Å². The van der Waals surface area contributed by atoms with Gasteiger partial charge in [0.15, 0.2) is 0 Å². The Balaban J connectivity index is 2.51. The molecule has 1 aromatic rings. The largest absolute Gasteiger partial charge is 0.494 e. The molecule has 1 unspecified atom stereocenters. The predicted molar refractivity (Wildman–Crippen MR) is 83.0 cm³/mol. The van der Waals surface area contributed by atoms with Crippen LogP contribution in [0.15, 0.2) is 36.4 Å². The molecule has 0 amide bonds. The first kappa shape index (κ1) is 16.7. The minimum atomic E-state index is 0.0752. The Morgan fingerprint density at radius 2 is 2.15 bits per heavy atom. The summed E-state index contributed by atoms with van der Waals surface area (Å²) in [6.07, 6.45) is 0. The van der Waals surface area contributed by atoms with Crippen molar-refractivity contribution in [2.45, 2.75) is 19.9 Å². The van der Waals surface area contributed by atoms with Gasteiger partial charge in [-0.25, -0.2) is 0 Å². The van der Waals surface area contributed by atoms with Crippen LogP contribution in [0.25, 0.3) is 0 Å².